The van der Waals surface area contributed by atoms with Crippen LogP contribution in [-0.4, -0.2) is 14.3 Å². The summed E-state index contributed by atoms with van der Waals surface area (Å²) >= 11 is 0. The van der Waals surface area contributed by atoms with Gasteiger partial charge in [-0.15, -0.1) is 0 Å². The maximum absolute atomic E-state index is 13.6. The summed E-state index contributed by atoms with van der Waals surface area (Å²) in [5.74, 6) is -0.320. The molecule has 4 nitrogen and oxygen atoms in total. The Kier molecular flexibility index (Phi) is 3.01. The lowest BCUT2D eigenvalue weighted by atomic mass is 10.2. The number of hydrogen-bond acceptors (Lipinski definition) is 2. The minimum Gasteiger partial charge on any atom is -0.336 e. The number of hydrogen-bond donors (Lipinski definition) is 0. The summed E-state index contributed by atoms with van der Waals surface area (Å²) in [5, 5.41) is 5.67. The molecule has 0 saturated heterocycles. The molecule has 4 aromatic rings. The van der Waals surface area contributed by atoms with Crippen molar-refractivity contribution in [3.63, 3.8) is 0 Å². The van der Waals surface area contributed by atoms with Crippen molar-refractivity contribution < 1.29 is 4.39 Å². The van der Waals surface area contributed by atoms with E-state index < -0.39 is 0 Å². The Morgan fingerprint density at radius 1 is 1.09 bits per heavy atom. The molecule has 0 aliphatic carbocycles. The molecule has 114 valence electrons. The van der Waals surface area contributed by atoms with Crippen molar-refractivity contribution in [2.45, 2.75) is 13.5 Å². The van der Waals surface area contributed by atoms with E-state index in [-0.39, 0.29) is 11.4 Å². The Morgan fingerprint density at radius 3 is 2.61 bits per heavy atom. The zero-order chi connectivity index (χ0) is 16.0. The van der Waals surface area contributed by atoms with Gasteiger partial charge in [0.15, 0.2) is 0 Å². The van der Waals surface area contributed by atoms with Gasteiger partial charge in [0, 0.05) is 22.8 Å². The first-order valence-electron chi connectivity index (χ1n) is 7.46. The van der Waals surface area contributed by atoms with Gasteiger partial charge in [0.05, 0.1) is 11.9 Å². The monoisotopic (exact) mass is 307 g/mol. The van der Waals surface area contributed by atoms with Crippen molar-refractivity contribution in [3.8, 4) is 5.69 Å². The van der Waals surface area contributed by atoms with Gasteiger partial charge in [-0.1, -0.05) is 18.2 Å². The first-order valence-corrected chi connectivity index (χ1v) is 7.46. The highest BCUT2D eigenvalue weighted by molar-refractivity contribution is 6.07. The molecule has 5 heteroatoms. The average molecular weight is 307 g/mol. The molecule has 2 aromatic heterocycles. The number of rotatable bonds is 2. The zero-order valence-corrected chi connectivity index (χ0v) is 12.5. The summed E-state index contributed by atoms with van der Waals surface area (Å²) in [4.78, 5) is 12.9. The second-order valence-electron chi connectivity index (χ2n) is 5.37. The average Bonchev–Trinajstić information content (AvgIpc) is 2.90. The highest BCUT2D eigenvalue weighted by atomic mass is 19.1. The van der Waals surface area contributed by atoms with Gasteiger partial charge in [0.2, 0.25) is 0 Å². The van der Waals surface area contributed by atoms with E-state index in [1.54, 1.807) is 12.3 Å². The van der Waals surface area contributed by atoms with Gasteiger partial charge >= 0.3 is 0 Å². The Balaban J connectivity index is 2.15. The van der Waals surface area contributed by atoms with Crippen LogP contribution in [0.5, 0.6) is 0 Å². The fourth-order valence-corrected chi connectivity index (χ4v) is 3.06. The number of benzene rings is 2. The van der Waals surface area contributed by atoms with Crippen molar-refractivity contribution in [2.24, 2.45) is 0 Å². The van der Waals surface area contributed by atoms with Crippen molar-refractivity contribution in [2.75, 3.05) is 0 Å². The molecule has 0 aliphatic heterocycles. The third kappa shape index (κ3) is 1.97. The first kappa shape index (κ1) is 13.7. The molecular formula is C18H14FN3O. The summed E-state index contributed by atoms with van der Waals surface area (Å²) in [6, 6.07) is 13.8. The first-order chi connectivity index (χ1) is 11.2. The number of fused-ring (bicyclic) bond motifs is 3. The van der Waals surface area contributed by atoms with Crippen molar-refractivity contribution >= 4 is 21.8 Å². The predicted octanol–water partition coefficient (Wildman–Crippen LogP) is 3.50. The summed E-state index contributed by atoms with van der Waals surface area (Å²) in [5.41, 5.74) is 1.89. The van der Waals surface area contributed by atoms with E-state index >= 15 is 0 Å². The van der Waals surface area contributed by atoms with Crippen LogP contribution in [0.2, 0.25) is 0 Å². The molecule has 23 heavy (non-hydrogen) atoms. The van der Waals surface area contributed by atoms with Crippen LogP contribution < -0.4 is 5.56 Å². The Hall–Kier alpha value is -2.95. The molecule has 0 unspecified atom stereocenters. The largest absolute Gasteiger partial charge is 0.336 e. The van der Waals surface area contributed by atoms with Crippen molar-refractivity contribution in [3.05, 3.63) is 70.9 Å². The molecule has 2 heterocycles. The molecule has 2 aromatic carbocycles. The lowest BCUT2D eigenvalue weighted by molar-refractivity contribution is 0.629. The van der Waals surface area contributed by atoms with Gasteiger partial charge < -0.3 is 4.57 Å². The number of aromatic nitrogens is 3. The fourth-order valence-electron chi connectivity index (χ4n) is 3.06. The Morgan fingerprint density at radius 2 is 1.87 bits per heavy atom. The van der Waals surface area contributed by atoms with Crippen LogP contribution in [0.25, 0.3) is 27.5 Å². The molecule has 0 atom stereocenters. The molecule has 4 rings (SSSR count). The smallest absolute Gasteiger partial charge is 0.296 e. The van der Waals surface area contributed by atoms with E-state index in [1.165, 1.54) is 16.8 Å². The summed E-state index contributed by atoms with van der Waals surface area (Å²) in [6.07, 6.45) is 1.64. The topological polar surface area (TPSA) is 39.8 Å². The van der Waals surface area contributed by atoms with Gasteiger partial charge in [0.25, 0.3) is 5.56 Å². The van der Waals surface area contributed by atoms with Crippen LogP contribution >= 0.6 is 0 Å². The van der Waals surface area contributed by atoms with E-state index in [1.807, 2.05) is 41.8 Å². The molecule has 0 spiro atoms. The lowest BCUT2D eigenvalue weighted by Crippen LogP contribution is -2.22. The maximum Gasteiger partial charge on any atom is 0.296 e. The minimum atomic E-state index is -0.320. The van der Waals surface area contributed by atoms with Crippen molar-refractivity contribution in [1.29, 1.82) is 0 Å². The zero-order valence-electron chi connectivity index (χ0n) is 12.5. The van der Waals surface area contributed by atoms with Crippen LogP contribution in [-0.2, 0) is 6.54 Å². The number of nitrogens with zero attached hydrogens (tertiary/aromatic N) is 3. The van der Waals surface area contributed by atoms with Crippen LogP contribution in [0.3, 0.4) is 0 Å². The van der Waals surface area contributed by atoms with Gasteiger partial charge in [-0.25, -0.2) is 4.39 Å². The number of para-hydroxylation sites is 1. The molecule has 0 fully saturated rings. The van der Waals surface area contributed by atoms with Gasteiger partial charge in [-0.05, 0) is 37.3 Å². The highest BCUT2D eigenvalue weighted by Crippen LogP contribution is 2.27. The van der Waals surface area contributed by atoms with Crippen LogP contribution in [0, 0.1) is 5.82 Å². The van der Waals surface area contributed by atoms with E-state index in [0.717, 1.165) is 5.52 Å². The molecule has 0 N–H and O–H groups in total. The molecular weight excluding hydrogens is 293 g/mol. The predicted molar refractivity (Wildman–Crippen MR) is 88.5 cm³/mol. The second-order valence-corrected chi connectivity index (χ2v) is 5.37. The van der Waals surface area contributed by atoms with E-state index in [0.29, 0.717) is 28.5 Å². The van der Waals surface area contributed by atoms with E-state index in [9.17, 15) is 9.18 Å². The lowest BCUT2D eigenvalue weighted by Gasteiger charge is -2.06. The molecule has 0 saturated carbocycles. The molecule has 0 bridgehead atoms. The fraction of sp³-hybridized carbons (Fsp3) is 0.111. The highest BCUT2D eigenvalue weighted by Gasteiger charge is 2.16. The summed E-state index contributed by atoms with van der Waals surface area (Å²) < 4.78 is 16.9. The number of aryl methyl sites for hydroxylation is 1. The quantitative estimate of drug-likeness (QED) is 0.568. The SMILES string of the molecule is CCn1c2ccc(F)cc2c2cnn(-c3ccccc3)c(=O)c21. The van der Waals surface area contributed by atoms with Crippen LogP contribution in [0.15, 0.2) is 59.5 Å². The van der Waals surface area contributed by atoms with Crippen LogP contribution in [0.1, 0.15) is 6.92 Å². The number of halogens is 1. The van der Waals surface area contributed by atoms with Gasteiger partial charge in [0.1, 0.15) is 11.3 Å². The summed E-state index contributed by atoms with van der Waals surface area (Å²) in [6.45, 7) is 2.59. The Labute approximate surface area is 131 Å². The standard InChI is InChI=1S/C18H14FN3O/c1-2-21-16-9-8-12(19)10-14(16)15-11-20-22(18(23)17(15)21)13-6-4-3-5-7-13/h3-11H,2H2,1H3. The minimum absolute atomic E-state index is 0.202. The van der Waals surface area contributed by atoms with Crippen LogP contribution in [0.4, 0.5) is 4.39 Å². The normalized spacial score (nSPS) is 11.4. The van der Waals surface area contributed by atoms with Gasteiger partial charge in [-0.3, -0.25) is 4.79 Å². The maximum atomic E-state index is 13.6. The molecule has 0 aliphatic rings. The second kappa shape index (κ2) is 5.05. The van der Waals surface area contributed by atoms with Crippen molar-refractivity contribution in [1.82, 2.24) is 14.3 Å². The third-order valence-electron chi connectivity index (χ3n) is 4.08. The third-order valence-corrected chi connectivity index (χ3v) is 4.08. The molecule has 0 amide bonds. The van der Waals surface area contributed by atoms with Gasteiger partial charge in [-0.2, -0.15) is 9.78 Å². The Bertz CT molecular complexity index is 1080. The van der Waals surface area contributed by atoms with E-state index in [2.05, 4.69) is 5.10 Å². The molecule has 0 radical (unpaired) electrons. The summed E-state index contributed by atoms with van der Waals surface area (Å²) in [7, 11) is 0. The van der Waals surface area contributed by atoms with E-state index in [4.69, 9.17) is 0 Å².